The van der Waals surface area contributed by atoms with E-state index in [2.05, 4.69) is 10.4 Å². The molecule has 1 amide bonds. The second-order valence-electron chi connectivity index (χ2n) is 6.14. The molecule has 0 unspecified atom stereocenters. The molecule has 7 heteroatoms. The molecule has 2 aromatic carbocycles. The second-order valence-corrected chi connectivity index (χ2v) is 6.14. The van der Waals surface area contributed by atoms with Crippen LogP contribution in [0.15, 0.2) is 54.6 Å². The van der Waals surface area contributed by atoms with Crippen molar-refractivity contribution in [3.8, 4) is 5.69 Å². The number of nitro groups is 1. The van der Waals surface area contributed by atoms with Crippen LogP contribution < -0.4 is 5.32 Å². The van der Waals surface area contributed by atoms with Crippen LogP contribution in [0.1, 0.15) is 28.0 Å². The number of aromatic nitrogens is 2. The smallest absolute Gasteiger partial charge is 0.270 e. The fourth-order valence-corrected chi connectivity index (χ4v) is 3.22. The van der Waals surface area contributed by atoms with Gasteiger partial charge in [0, 0.05) is 23.3 Å². The number of fused-ring (bicyclic) bond motifs is 1. The van der Waals surface area contributed by atoms with Crippen LogP contribution >= 0.6 is 0 Å². The molecule has 1 aromatic heterocycles. The summed E-state index contributed by atoms with van der Waals surface area (Å²) in [7, 11) is 0. The topological polar surface area (TPSA) is 90.1 Å². The number of para-hydroxylation sites is 1. The maximum atomic E-state index is 12.7. The zero-order chi connectivity index (χ0) is 18.1. The Kier molecular flexibility index (Phi) is 3.96. The Morgan fingerprint density at radius 1 is 1.12 bits per heavy atom. The van der Waals surface area contributed by atoms with E-state index in [4.69, 9.17) is 0 Å². The Balaban J connectivity index is 1.71. The SMILES string of the molecule is O=C(Nc1c2c(nn1-c1ccccc1)CCC2)c1cccc([N+](=O)[O-])c1. The highest BCUT2D eigenvalue weighted by molar-refractivity contribution is 6.04. The minimum atomic E-state index is -0.511. The number of amides is 1. The molecule has 4 rings (SSSR count). The lowest BCUT2D eigenvalue weighted by molar-refractivity contribution is -0.384. The Morgan fingerprint density at radius 3 is 2.69 bits per heavy atom. The Hall–Kier alpha value is -3.48. The number of nitro benzene ring substituents is 1. The Bertz CT molecular complexity index is 995. The summed E-state index contributed by atoms with van der Waals surface area (Å²) in [5, 5.41) is 18.5. The van der Waals surface area contributed by atoms with Crippen LogP contribution in [0.4, 0.5) is 11.5 Å². The summed E-state index contributed by atoms with van der Waals surface area (Å²) in [6.07, 6.45) is 2.74. The summed E-state index contributed by atoms with van der Waals surface area (Å²) in [6.45, 7) is 0. The lowest BCUT2D eigenvalue weighted by atomic mass is 10.2. The quantitative estimate of drug-likeness (QED) is 0.577. The summed E-state index contributed by atoms with van der Waals surface area (Å²) in [5.41, 5.74) is 3.01. The van der Waals surface area contributed by atoms with Crippen molar-refractivity contribution in [1.82, 2.24) is 9.78 Å². The highest BCUT2D eigenvalue weighted by Gasteiger charge is 2.24. The minimum absolute atomic E-state index is 0.112. The number of aryl methyl sites for hydroxylation is 1. The fraction of sp³-hybridized carbons (Fsp3) is 0.158. The number of carbonyl (C=O) groups is 1. The second kappa shape index (κ2) is 6.44. The zero-order valence-electron chi connectivity index (χ0n) is 13.9. The highest BCUT2D eigenvalue weighted by Crippen LogP contribution is 2.31. The standard InChI is InChI=1S/C19H16N4O3/c24-19(13-6-4-9-15(12-13)23(25)26)20-18-16-10-5-11-17(16)21-22(18)14-7-2-1-3-8-14/h1-4,6-9,12H,5,10-11H2,(H,20,24). The molecule has 0 saturated carbocycles. The van der Waals surface area contributed by atoms with E-state index in [1.807, 2.05) is 30.3 Å². The van der Waals surface area contributed by atoms with Crippen molar-refractivity contribution >= 4 is 17.4 Å². The van der Waals surface area contributed by atoms with E-state index in [0.717, 1.165) is 36.2 Å². The van der Waals surface area contributed by atoms with Crippen molar-refractivity contribution in [2.45, 2.75) is 19.3 Å². The van der Waals surface area contributed by atoms with E-state index in [-0.39, 0.29) is 17.2 Å². The number of non-ortho nitro benzene ring substituents is 1. The van der Waals surface area contributed by atoms with Crippen molar-refractivity contribution < 1.29 is 9.72 Å². The first-order valence-electron chi connectivity index (χ1n) is 8.35. The Labute approximate surface area is 149 Å². The molecule has 130 valence electrons. The lowest BCUT2D eigenvalue weighted by Gasteiger charge is -2.11. The number of hydrogen-bond acceptors (Lipinski definition) is 4. The van der Waals surface area contributed by atoms with Gasteiger partial charge in [-0.15, -0.1) is 0 Å². The van der Waals surface area contributed by atoms with Crippen LogP contribution in [0.2, 0.25) is 0 Å². The van der Waals surface area contributed by atoms with Gasteiger partial charge in [-0.1, -0.05) is 24.3 Å². The summed E-state index contributed by atoms with van der Waals surface area (Å²) in [5.74, 6) is 0.251. The van der Waals surface area contributed by atoms with Gasteiger partial charge in [-0.2, -0.15) is 5.10 Å². The van der Waals surface area contributed by atoms with Crippen LogP contribution in [0, 0.1) is 10.1 Å². The molecule has 1 aliphatic rings. The van der Waals surface area contributed by atoms with Crippen molar-refractivity contribution in [2.75, 3.05) is 5.32 Å². The first-order chi connectivity index (χ1) is 12.6. The monoisotopic (exact) mass is 348 g/mol. The predicted molar refractivity (Wildman–Crippen MR) is 96.6 cm³/mol. The van der Waals surface area contributed by atoms with E-state index in [9.17, 15) is 14.9 Å². The van der Waals surface area contributed by atoms with Crippen LogP contribution in [-0.4, -0.2) is 20.6 Å². The van der Waals surface area contributed by atoms with Crippen LogP contribution in [-0.2, 0) is 12.8 Å². The molecular weight excluding hydrogens is 332 g/mol. The summed E-state index contributed by atoms with van der Waals surface area (Å²) >= 11 is 0. The molecule has 1 aliphatic carbocycles. The lowest BCUT2D eigenvalue weighted by Crippen LogP contribution is -2.16. The normalized spacial score (nSPS) is 12.6. The summed E-state index contributed by atoms with van der Waals surface area (Å²) in [6, 6.07) is 15.3. The molecule has 7 nitrogen and oxygen atoms in total. The van der Waals surface area contributed by atoms with Gasteiger partial charge in [-0.3, -0.25) is 14.9 Å². The molecule has 0 radical (unpaired) electrons. The third-order valence-electron chi connectivity index (χ3n) is 4.46. The largest absolute Gasteiger partial charge is 0.306 e. The highest BCUT2D eigenvalue weighted by atomic mass is 16.6. The van der Waals surface area contributed by atoms with E-state index >= 15 is 0 Å². The molecule has 0 bridgehead atoms. The molecule has 1 N–H and O–H groups in total. The molecule has 26 heavy (non-hydrogen) atoms. The van der Waals surface area contributed by atoms with Crippen LogP contribution in [0.5, 0.6) is 0 Å². The number of nitrogens with one attached hydrogen (secondary N) is 1. The van der Waals surface area contributed by atoms with Gasteiger partial charge in [0.05, 0.1) is 16.3 Å². The average Bonchev–Trinajstić information content (AvgIpc) is 3.25. The molecule has 0 saturated heterocycles. The van der Waals surface area contributed by atoms with Gasteiger partial charge in [0.2, 0.25) is 0 Å². The predicted octanol–water partition coefficient (Wildman–Crippen LogP) is 3.52. The number of anilines is 1. The van der Waals surface area contributed by atoms with Gasteiger partial charge < -0.3 is 5.32 Å². The fourth-order valence-electron chi connectivity index (χ4n) is 3.22. The van der Waals surface area contributed by atoms with Gasteiger partial charge in [0.15, 0.2) is 0 Å². The van der Waals surface area contributed by atoms with Crippen LogP contribution in [0.3, 0.4) is 0 Å². The maximum absolute atomic E-state index is 12.7. The van der Waals surface area contributed by atoms with Crippen molar-refractivity contribution in [3.63, 3.8) is 0 Å². The molecule has 0 aliphatic heterocycles. The van der Waals surface area contributed by atoms with E-state index < -0.39 is 4.92 Å². The third-order valence-corrected chi connectivity index (χ3v) is 4.46. The minimum Gasteiger partial charge on any atom is -0.306 e. The number of benzene rings is 2. The average molecular weight is 348 g/mol. The first-order valence-corrected chi connectivity index (χ1v) is 8.35. The van der Waals surface area contributed by atoms with Crippen molar-refractivity contribution in [1.29, 1.82) is 0 Å². The van der Waals surface area contributed by atoms with E-state index in [1.54, 1.807) is 10.7 Å². The van der Waals surface area contributed by atoms with Crippen LogP contribution in [0.25, 0.3) is 5.69 Å². The van der Waals surface area contributed by atoms with Gasteiger partial charge in [-0.25, -0.2) is 4.68 Å². The number of hydrogen-bond donors (Lipinski definition) is 1. The van der Waals surface area contributed by atoms with Crippen molar-refractivity contribution in [3.05, 3.63) is 81.5 Å². The van der Waals surface area contributed by atoms with E-state index in [1.165, 1.54) is 18.2 Å². The van der Waals surface area contributed by atoms with Crippen molar-refractivity contribution in [2.24, 2.45) is 0 Å². The van der Waals surface area contributed by atoms with Gasteiger partial charge >= 0.3 is 0 Å². The van der Waals surface area contributed by atoms with E-state index in [0.29, 0.717) is 5.82 Å². The summed E-state index contributed by atoms with van der Waals surface area (Å²) < 4.78 is 1.74. The molecule has 0 spiro atoms. The first kappa shape index (κ1) is 16.0. The number of rotatable bonds is 4. The molecule has 1 heterocycles. The molecular formula is C19H16N4O3. The van der Waals surface area contributed by atoms with Gasteiger partial charge in [-0.05, 0) is 37.5 Å². The molecule has 3 aromatic rings. The Morgan fingerprint density at radius 2 is 1.92 bits per heavy atom. The summed E-state index contributed by atoms with van der Waals surface area (Å²) in [4.78, 5) is 23.1. The number of carbonyl (C=O) groups excluding carboxylic acids is 1. The molecule has 0 atom stereocenters. The zero-order valence-corrected chi connectivity index (χ0v) is 13.9. The molecule has 0 fully saturated rings. The third kappa shape index (κ3) is 2.83. The van der Waals surface area contributed by atoms with Gasteiger partial charge in [0.1, 0.15) is 5.82 Å². The van der Waals surface area contributed by atoms with Gasteiger partial charge in [0.25, 0.3) is 11.6 Å². The number of nitrogens with zero attached hydrogens (tertiary/aromatic N) is 3. The maximum Gasteiger partial charge on any atom is 0.270 e.